The molecule has 2 aliphatic carbocycles. The molecule has 0 spiro atoms. The lowest BCUT2D eigenvalue weighted by molar-refractivity contribution is -0.157. The molecule has 0 heterocycles. The minimum absolute atomic E-state index is 0.0155. The van der Waals surface area contributed by atoms with E-state index in [0.717, 1.165) is 32.1 Å². The van der Waals surface area contributed by atoms with Gasteiger partial charge in [0.1, 0.15) is 6.61 Å². The number of unbranched alkanes of at least 4 members (excludes halogenated alkanes) is 3. The molecule has 53 heavy (non-hydrogen) atoms. The second-order valence-electron chi connectivity index (χ2n) is 17.0. The number of carbonyl (C=O) groups is 2. The normalized spacial score (nSPS) is 23.6. The Morgan fingerprint density at radius 1 is 0.925 bits per heavy atom. The quantitative estimate of drug-likeness (QED) is 0.0787. The second kappa shape index (κ2) is 18.4. The maximum atomic E-state index is 13.6. The van der Waals surface area contributed by atoms with E-state index in [1.807, 2.05) is 25.1 Å². The van der Waals surface area contributed by atoms with Crippen LogP contribution in [0.3, 0.4) is 0 Å². The average molecular weight is 745 g/mol. The van der Waals surface area contributed by atoms with Gasteiger partial charge in [-0.3, -0.25) is 4.79 Å². The van der Waals surface area contributed by atoms with Crippen molar-refractivity contribution < 1.29 is 33.7 Å². The lowest BCUT2D eigenvalue weighted by Gasteiger charge is -2.46. The molecule has 2 aromatic carbocycles. The number of allylic oxidation sites excluding steroid dienone is 4. The Morgan fingerprint density at radius 3 is 2.08 bits per heavy atom. The van der Waals surface area contributed by atoms with E-state index in [0.29, 0.717) is 24.2 Å². The van der Waals surface area contributed by atoms with Gasteiger partial charge in [-0.25, -0.2) is 4.79 Å². The minimum Gasteiger partial charge on any atom is -0.466 e. The van der Waals surface area contributed by atoms with Gasteiger partial charge < -0.3 is 24.1 Å². The number of hydrogen-bond acceptors (Lipinski definition) is 7. The summed E-state index contributed by atoms with van der Waals surface area (Å²) in [6, 6.07) is 21.1. The van der Waals surface area contributed by atoms with Crippen molar-refractivity contribution in [2.24, 2.45) is 28.6 Å². The third-order valence-electron chi connectivity index (χ3n) is 11.4. The van der Waals surface area contributed by atoms with Crippen LogP contribution in [0.5, 0.6) is 0 Å². The molecule has 2 N–H and O–H groups in total. The first-order valence-electron chi connectivity index (χ1n) is 19.5. The molecule has 2 aliphatic rings. The topological polar surface area (TPSA) is 102 Å². The number of esters is 2. The van der Waals surface area contributed by atoms with Crippen LogP contribution in [-0.2, 0) is 23.5 Å². The van der Waals surface area contributed by atoms with Gasteiger partial charge in [-0.1, -0.05) is 119 Å². The molecule has 4 rings (SSSR count). The molecule has 5 atom stereocenters. The van der Waals surface area contributed by atoms with Gasteiger partial charge in [-0.2, -0.15) is 0 Å². The summed E-state index contributed by atoms with van der Waals surface area (Å²) in [5.41, 5.74) is -0.751. The number of aliphatic hydroxyl groups is 2. The minimum atomic E-state index is -2.84. The van der Waals surface area contributed by atoms with Crippen molar-refractivity contribution in [3.05, 3.63) is 96.1 Å². The summed E-state index contributed by atoms with van der Waals surface area (Å²) in [7, 11) is -1.47. The summed E-state index contributed by atoms with van der Waals surface area (Å²) in [6.45, 7) is 14.2. The predicted molar refractivity (Wildman–Crippen MR) is 215 cm³/mol. The molecule has 0 fully saturated rings. The number of hydrogen-bond donors (Lipinski definition) is 2. The van der Waals surface area contributed by atoms with Crippen LogP contribution < -0.4 is 10.4 Å². The van der Waals surface area contributed by atoms with Gasteiger partial charge in [0.2, 0.25) is 0 Å². The van der Waals surface area contributed by atoms with Crippen molar-refractivity contribution >= 4 is 30.6 Å². The Labute approximate surface area is 319 Å². The Morgan fingerprint density at radius 2 is 1.55 bits per heavy atom. The number of methoxy groups -OCH3 is 1. The van der Waals surface area contributed by atoms with Crippen molar-refractivity contribution in [3.63, 3.8) is 0 Å². The predicted octanol–water partition coefficient (Wildman–Crippen LogP) is 7.70. The monoisotopic (exact) mass is 744 g/mol. The first kappa shape index (κ1) is 42.4. The van der Waals surface area contributed by atoms with Crippen LogP contribution in [0.4, 0.5) is 0 Å². The molecule has 1 unspecified atom stereocenters. The van der Waals surface area contributed by atoms with E-state index in [4.69, 9.17) is 13.9 Å². The third-order valence-corrected chi connectivity index (χ3v) is 16.4. The number of carbonyl (C=O) groups excluding carboxylic acids is 2. The second-order valence-corrected chi connectivity index (χ2v) is 21.4. The van der Waals surface area contributed by atoms with Gasteiger partial charge in [0, 0.05) is 18.1 Å². The van der Waals surface area contributed by atoms with Crippen molar-refractivity contribution in [2.45, 2.75) is 105 Å². The first-order valence-corrected chi connectivity index (χ1v) is 21.4. The zero-order chi connectivity index (χ0) is 38.9. The molecule has 8 heteroatoms. The van der Waals surface area contributed by atoms with E-state index < -0.39 is 37.1 Å². The maximum Gasteiger partial charge on any atom is 0.333 e. The van der Waals surface area contributed by atoms with Crippen molar-refractivity contribution in [3.8, 4) is 0 Å². The highest BCUT2D eigenvalue weighted by Gasteiger charge is 2.53. The Balaban J connectivity index is 1.78. The van der Waals surface area contributed by atoms with Crippen LogP contribution >= 0.6 is 0 Å². The van der Waals surface area contributed by atoms with Crippen molar-refractivity contribution in [1.29, 1.82) is 0 Å². The summed E-state index contributed by atoms with van der Waals surface area (Å²) in [6.07, 6.45) is 13.0. The Bertz CT molecular complexity index is 1540. The number of aliphatic hydroxyl groups excluding tert-OH is 2. The molecule has 0 saturated carbocycles. The maximum absolute atomic E-state index is 13.6. The fraction of sp³-hybridized carbons (Fsp3) is 0.556. The van der Waals surface area contributed by atoms with E-state index in [2.05, 4.69) is 87.5 Å². The van der Waals surface area contributed by atoms with Gasteiger partial charge in [-0.15, -0.1) is 0 Å². The third kappa shape index (κ3) is 9.51. The van der Waals surface area contributed by atoms with E-state index in [9.17, 15) is 19.8 Å². The van der Waals surface area contributed by atoms with Gasteiger partial charge in [0.25, 0.3) is 8.32 Å². The fourth-order valence-corrected chi connectivity index (χ4v) is 13.1. The molecule has 0 saturated heterocycles. The molecule has 0 amide bonds. The highest BCUT2D eigenvalue weighted by molar-refractivity contribution is 6.99. The molecule has 2 bridgehead atoms. The van der Waals surface area contributed by atoms with Crippen LogP contribution in [0.2, 0.25) is 5.04 Å². The largest absolute Gasteiger partial charge is 0.466 e. The number of benzene rings is 2. The standard InChI is InChI=1S/C45H64O7Si/c1-9-10-11-12-13-16-21-33-30-38-40(47)39(37(41(48)50-8)26-28-45(38,31-46)32-51-42(49)43(2,3)4)36(33)27-29-52-53(44(5,6)7,34-22-17-14-18-23-34)35-24-19-15-20-25-35/h9-10,14-15,17-20,22-26,30,33,36,39-40,46-47H,11-13,16,21,27-29,31-32H2,1-8H3/b10-9+/t33-,36-,39+,40?,45+/m0/s1. The van der Waals surface area contributed by atoms with Gasteiger partial charge >= 0.3 is 11.9 Å². The molecule has 0 aromatic heterocycles. The SMILES string of the molecule is C/C=C/CCCCC[C@H]1C=C2C(O)[C@@H](C(C(=O)OC)=CC[C@@]2(CO)COC(=O)C(C)(C)C)[C@H]1CCO[Si](c1ccccc1)(c1ccccc1)C(C)(C)C. The number of fused-ring (bicyclic) bond motifs is 2. The summed E-state index contributed by atoms with van der Waals surface area (Å²) in [4.78, 5) is 26.6. The lowest BCUT2D eigenvalue weighted by atomic mass is 9.63. The zero-order valence-electron chi connectivity index (χ0n) is 33.4. The number of rotatable bonds is 16. The average Bonchev–Trinajstić information content (AvgIpc) is 3.21. The first-order chi connectivity index (χ1) is 25.2. The van der Waals surface area contributed by atoms with E-state index in [-0.39, 0.29) is 42.5 Å². The number of ether oxygens (including phenoxy) is 2. The summed E-state index contributed by atoms with van der Waals surface area (Å²) < 4.78 is 18.6. The Hall–Kier alpha value is -3.30. The molecule has 290 valence electrons. The zero-order valence-corrected chi connectivity index (χ0v) is 34.4. The summed E-state index contributed by atoms with van der Waals surface area (Å²) in [5.74, 6) is -1.60. The summed E-state index contributed by atoms with van der Waals surface area (Å²) >= 11 is 0. The van der Waals surface area contributed by atoms with Crippen molar-refractivity contribution in [2.75, 3.05) is 26.9 Å². The highest BCUT2D eigenvalue weighted by Crippen LogP contribution is 2.51. The molecular formula is C45H64O7Si. The van der Waals surface area contributed by atoms with Crippen LogP contribution in [0.25, 0.3) is 0 Å². The van der Waals surface area contributed by atoms with E-state index in [1.165, 1.54) is 17.5 Å². The van der Waals surface area contributed by atoms with Gasteiger partial charge in [0.15, 0.2) is 0 Å². The summed E-state index contributed by atoms with van der Waals surface area (Å²) in [5, 5.41) is 25.6. The molecule has 2 aromatic rings. The van der Waals surface area contributed by atoms with Crippen molar-refractivity contribution in [1.82, 2.24) is 0 Å². The smallest absolute Gasteiger partial charge is 0.333 e. The Kier molecular flexibility index (Phi) is 14.7. The van der Waals surface area contributed by atoms with Gasteiger partial charge in [0.05, 0.1) is 30.7 Å². The highest BCUT2D eigenvalue weighted by atomic mass is 28.4. The van der Waals surface area contributed by atoms with Crippen LogP contribution in [0.1, 0.15) is 93.4 Å². The lowest BCUT2D eigenvalue weighted by Crippen LogP contribution is -2.66. The fourth-order valence-electron chi connectivity index (χ4n) is 8.48. The molecular weight excluding hydrogens is 681 g/mol. The van der Waals surface area contributed by atoms with E-state index >= 15 is 0 Å². The van der Waals surface area contributed by atoms with E-state index in [1.54, 1.807) is 20.8 Å². The van der Waals surface area contributed by atoms with Crippen LogP contribution in [0, 0.1) is 28.6 Å². The molecule has 0 radical (unpaired) electrons. The molecule has 7 nitrogen and oxygen atoms in total. The van der Waals surface area contributed by atoms with Crippen LogP contribution in [-0.4, -0.2) is 63.5 Å². The van der Waals surface area contributed by atoms with Crippen LogP contribution in [0.15, 0.2) is 96.1 Å². The van der Waals surface area contributed by atoms with Gasteiger partial charge in [-0.05, 0) is 92.6 Å². The molecule has 0 aliphatic heterocycles.